The molecule has 108 valence electrons. The second kappa shape index (κ2) is 5.73. The first-order chi connectivity index (χ1) is 9.76. The minimum atomic E-state index is 0.0210. The first-order valence-corrected chi connectivity index (χ1v) is 7.46. The average molecular weight is 274 g/mol. The van der Waals surface area contributed by atoms with Gasteiger partial charge in [0.1, 0.15) is 5.75 Å². The summed E-state index contributed by atoms with van der Waals surface area (Å²) in [5, 5.41) is 2.98. The molecule has 2 fully saturated rings. The normalized spacial score (nSPS) is 25.1. The number of methoxy groups -OCH3 is 1. The predicted molar refractivity (Wildman–Crippen MR) is 79.0 cm³/mol. The monoisotopic (exact) mass is 274 g/mol. The third kappa shape index (κ3) is 2.74. The van der Waals surface area contributed by atoms with Crippen LogP contribution in [0.3, 0.4) is 0 Å². The van der Waals surface area contributed by atoms with Gasteiger partial charge < -0.3 is 15.0 Å². The smallest absolute Gasteiger partial charge is 0.321 e. The highest BCUT2D eigenvalue weighted by Crippen LogP contribution is 2.36. The summed E-state index contributed by atoms with van der Waals surface area (Å²) in [7, 11) is 1.63. The third-order valence-electron chi connectivity index (χ3n) is 4.58. The van der Waals surface area contributed by atoms with Crippen LogP contribution in [0.15, 0.2) is 24.3 Å². The van der Waals surface area contributed by atoms with Gasteiger partial charge in [0.2, 0.25) is 0 Å². The number of hydrogen-bond acceptors (Lipinski definition) is 2. The van der Waals surface area contributed by atoms with Crippen molar-refractivity contribution in [3.05, 3.63) is 24.3 Å². The van der Waals surface area contributed by atoms with E-state index in [1.54, 1.807) is 7.11 Å². The van der Waals surface area contributed by atoms with Gasteiger partial charge in [-0.2, -0.15) is 0 Å². The molecule has 4 heteroatoms. The molecule has 4 nitrogen and oxygen atoms in total. The Balaban J connectivity index is 1.61. The Morgan fingerprint density at radius 1 is 1.25 bits per heavy atom. The Morgan fingerprint density at radius 3 is 2.60 bits per heavy atom. The predicted octanol–water partition coefficient (Wildman–Crippen LogP) is 3.35. The van der Waals surface area contributed by atoms with Gasteiger partial charge in [-0.1, -0.05) is 18.9 Å². The molecule has 1 aliphatic heterocycles. The van der Waals surface area contributed by atoms with Crippen molar-refractivity contribution in [3.8, 4) is 5.75 Å². The van der Waals surface area contributed by atoms with E-state index in [1.165, 1.54) is 25.7 Å². The number of carbonyl (C=O) groups excluding carboxylic acids is 1. The minimum Gasteiger partial charge on any atom is -0.497 e. The highest BCUT2D eigenvalue weighted by atomic mass is 16.5. The van der Waals surface area contributed by atoms with Gasteiger partial charge in [0.05, 0.1) is 7.11 Å². The van der Waals surface area contributed by atoms with Crippen molar-refractivity contribution in [2.24, 2.45) is 11.8 Å². The topological polar surface area (TPSA) is 41.6 Å². The molecule has 2 atom stereocenters. The molecule has 0 bridgehead atoms. The zero-order chi connectivity index (χ0) is 13.9. The molecule has 1 N–H and O–H groups in total. The summed E-state index contributed by atoms with van der Waals surface area (Å²) in [6.07, 6.45) is 5.22. The van der Waals surface area contributed by atoms with E-state index < -0.39 is 0 Å². The van der Waals surface area contributed by atoms with Crippen molar-refractivity contribution in [1.29, 1.82) is 0 Å². The number of benzene rings is 1. The molecule has 0 spiro atoms. The number of likely N-dealkylation sites (tertiary alicyclic amines) is 1. The van der Waals surface area contributed by atoms with E-state index in [2.05, 4.69) is 5.32 Å². The lowest BCUT2D eigenvalue weighted by Gasteiger charge is -2.22. The molecule has 0 radical (unpaired) electrons. The molecule has 1 heterocycles. The van der Waals surface area contributed by atoms with Gasteiger partial charge in [0.25, 0.3) is 0 Å². The van der Waals surface area contributed by atoms with Crippen molar-refractivity contribution in [2.45, 2.75) is 25.7 Å². The van der Waals surface area contributed by atoms with Crippen molar-refractivity contribution >= 4 is 11.7 Å². The van der Waals surface area contributed by atoms with Crippen LogP contribution in [0.1, 0.15) is 25.7 Å². The van der Waals surface area contributed by atoms with Crippen LogP contribution in [0.5, 0.6) is 5.75 Å². The molecule has 2 unspecified atom stereocenters. The molecule has 1 saturated heterocycles. The Morgan fingerprint density at radius 2 is 1.95 bits per heavy atom. The third-order valence-corrected chi connectivity index (χ3v) is 4.58. The lowest BCUT2D eigenvalue weighted by atomic mass is 9.82. The van der Waals surface area contributed by atoms with E-state index in [4.69, 9.17) is 4.74 Å². The standard InChI is InChI=1S/C16H22N2O2/c1-20-15-8-4-7-14(9-15)17-16(19)18-10-12-5-2-3-6-13(12)11-18/h4,7-9,12-13H,2-3,5-6,10-11H2,1H3,(H,17,19). The van der Waals surface area contributed by atoms with Crippen LogP contribution in [0, 0.1) is 11.8 Å². The Labute approximate surface area is 120 Å². The maximum absolute atomic E-state index is 12.3. The van der Waals surface area contributed by atoms with Gasteiger partial charge in [-0.15, -0.1) is 0 Å². The number of anilines is 1. The molecular formula is C16H22N2O2. The molecule has 3 rings (SSSR count). The molecule has 2 amide bonds. The number of ether oxygens (including phenoxy) is 1. The van der Waals surface area contributed by atoms with Gasteiger partial charge in [-0.25, -0.2) is 4.79 Å². The Kier molecular flexibility index (Phi) is 3.81. The zero-order valence-corrected chi connectivity index (χ0v) is 12.0. The molecule has 2 aliphatic rings. The maximum Gasteiger partial charge on any atom is 0.321 e. The number of nitrogens with zero attached hydrogens (tertiary/aromatic N) is 1. The van der Waals surface area contributed by atoms with Gasteiger partial charge >= 0.3 is 6.03 Å². The van der Waals surface area contributed by atoms with Gasteiger partial charge in [-0.05, 0) is 36.8 Å². The van der Waals surface area contributed by atoms with Crippen LogP contribution in [-0.2, 0) is 0 Å². The fourth-order valence-electron chi connectivity index (χ4n) is 3.48. The summed E-state index contributed by atoms with van der Waals surface area (Å²) in [6.45, 7) is 1.83. The van der Waals surface area contributed by atoms with E-state index >= 15 is 0 Å². The minimum absolute atomic E-state index is 0.0210. The molecule has 1 saturated carbocycles. The molecular weight excluding hydrogens is 252 g/mol. The maximum atomic E-state index is 12.3. The average Bonchev–Trinajstić information content (AvgIpc) is 2.91. The van der Waals surface area contributed by atoms with Crippen molar-refractivity contribution in [1.82, 2.24) is 4.90 Å². The second-order valence-electron chi connectivity index (χ2n) is 5.87. The van der Waals surface area contributed by atoms with E-state index in [9.17, 15) is 4.79 Å². The number of nitrogens with one attached hydrogen (secondary N) is 1. The van der Waals surface area contributed by atoms with Crippen LogP contribution in [0.2, 0.25) is 0 Å². The van der Waals surface area contributed by atoms with Crippen molar-refractivity contribution in [2.75, 3.05) is 25.5 Å². The van der Waals surface area contributed by atoms with E-state index in [0.29, 0.717) is 0 Å². The number of urea groups is 1. The summed E-state index contributed by atoms with van der Waals surface area (Å²) < 4.78 is 5.17. The summed E-state index contributed by atoms with van der Waals surface area (Å²) in [5.41, 5.74) is 0.796. The van der Waals surface area contributed by atoms with E-state index in [0.717, 1.165) is 36.4 Å². The fraction of sp³-hybridized carbons (Fsp3) is 0.562. The highest BCUT2D eigenvalue weighted by Gasteiger charge is 2.36. The van der Waals surface area contributed by atoms with E-state index in [1.807, 2.05) is 29.2 Å². The van der Waals surface area contributed by atoms with Crippen LogP contribution in [0.4, 0.5) is 10.5 Å². The SMILES string of the molecule is COc1cccc(NC(=O)N2CC3CCCCC3C2)c1. The van der Waals surface area contributed by atoms with Gasteiger partial charge in [0.15, 0.2) is 0 Å². The number of carbonyl (C=O) groups is 1. The molecule has 1 aliphatic carbocycles. The first-order valence-electron chi connectivity index (χ1n) is 7.46. The first kappa shape index (κ1) is 13.3. The molecule has 1 aromatic carbocycles. The summed E-state index contributed by atoms with van der Waals surface area (Å²) >= 11 is 0. The lowest BCUT2D eigenvalue weighted by Crippen LogP contribution is -2.33. The van der Waals surface area contributed by atoms with Crippen LogP contribution in [0.25, 0.3) is 0 Å². The van der Waals surface area contributed by atoms with E-state index in [-0.39, 0.29) is 6.03 Å². The largest absolute Gasteiger partial charge is 0.497 e. The Hall–Kier alpha value is -1.71. The summed E-state index contributed by atoms with van der Waals surface area (Å²) in [6, 6.07) is 7.52. The second-order valence-corrected chi connectivity index (χ2v) is 5.87. The number of rotatable bonds is 2. The number of amides is 2. The van der Waals surface area contributed by atoms with Gasteiger partial charge in [-0.3, -0.25) is 0 Å². The van der Waals surface area contributed by atoms with Crippen molar-refractivity contribution in [3.63, 3.8) is 0 Å². The molecule has 20 heavy (non-hydrogen) atoms. The quantitative estimate of drug-likeness (QED) is 0.898. The van der Waals surface area contributed by atoms with Gasteiger partial charge in [0, 0.05) is 24.8 Å². The highest BCUT2D eigenvalue weighted by molar-refractivity contribution is 5.89. The fourth-order valence-corrected chi connectivity index (χ4v) is 3.48. The van der Waals surface area contributed by atoms with Crippen molar-refractivity contribution < 1.29 is 9.53 Å². The lowest BCUT2D eigenvalue weighted by molar-refractivity contribution is 0.220. The molecule has 0 aromatic heterocycles. The number of fused-ring (bicyclic) bond motifs is 1. The summed E-state index contributed by atoms with van der Waals surface area (Å²) in [5.74, 6) is 2.21. The van der Waals surface area contributed by atoms with Crippen LogP contribution < -0.4 is 10.1 Å². The Bertz CT molecular complexity index is 475. The number of hydrogen-bond donors (Lipinski definition) is 1. The zero-order valence-electron chi connectivity index (χ0n) is 12.0. The molecule has 1 aromatic rings. The summed E-state index contributed by atoms with van der Waals surface area (Å²) in [4.78, 5) is 14.3. The van der Waals surface area contributed by atoms with Crippen LogP contribution >= 0.6 is 0 Å². The van der Waals surface area contributed by atoms with Crippen LogP contribution in [-0.4, -0.2) is 31.1 Å².